The number of carbonyl (C=O) groups excluding carboxylic acids is 1. The molecule has 224 valence electrons. The van der Waals surface area contributed by atoms with Gasteiger partial charge in [0.2, 0.25) is 0 Å². The third-order valence-electron chi connectivity index (χ3n) is 6.56. The maximum Gasteiger partial charge on any atom is 0.407 e. The molecule has 8 nitrogen and oxygen atoms in total. The first kappa shape index (κ1) is 30.9. The maximum absolute atomic E-state index is 14.2. The van der Waals surface area contributed by atoms with Gasteiger partial charge in [0.1, 0.15) is 11.4 Å². The predicted octanol–water partition coefficient (Wildman–Crippen LogP) is 8.51. The van der Waals surface area contributed by atoms with Crippen LogP contribution in [0.1, 0.15) is 31.9 Å². The number of benzene rings is 3. The predicted molar refractivity (Wildman–Crippen MR) is 174 cm³/mol. The van der Waals surface area contributed by atoms with Crippen LogP contribution >= 0.6 is 34.8 Å². The lowest BCUT2D eigenvalue weighted by Gasteiger charge is -2.20. The summed E-state index contributed by atoms with van der Waals surface area (Å²) in [5, 5.41) is 8.40. The van der Waals surface area contributed by atoms with Crippen LogP contribution < -0.4 is 10.6 Å². The lowest BCUT2D eigenvalue weighted by molar-refractivity contribution is 0.0528. The molecule has 0 aliphatic heterocycles. The fourth-order valence-corrected chi connectivity index (χ4v) is 6.73. The lowest BCUT2D eigenvalue weighted by atomic mass is 10.0. The Morgan fingerprint density at radius 2 is 1.67 bits per heavy atom. The Balaban J connectivity index is 1.70. The zero-order chi connectivity index (χ0) is 31.1. The van der Waals surface area contributed by atoms with Crippen LogP contribution in [0.15, 0.2) is 71.8 Å². The van der Waals surface area contributed by atoms with Gasteiger partial charge < -0.3 is 15.4 Å². The molecule has 0 atom stereocenters. The number of ether oxygens (including phenoxy) is 1. The summed E-state index contributed by atoms with van der Waals surface area (Å²) >= 11 is 18.7. The van der Waals surface area contributed by atoms with Crippen molar-refractivity contribution < 1.29 is 17.9 Å². The number of carbonyl (C=O) groups is 1. The topological polar surface area (TPSA) is 102 Å². The van der Waals surface area contributed by atoms with Gasteiger partial charge in [0.25, 0.3) is 10.0 Å². The van der Waals surface area contributed by atoms with Crippen LogP contribution in [0.4, 0.5) is 16.3 Å². The van der Waals surface area contributed by atoms with Gasteiger partial charge in [0, 0.05) is 40.3 Å². The number of fused-ring (bicyclic) bond motifs is 3. The first-order valence-corrected chi connectivity index (χ1v) is 15.9. The Labute approximate surface area is 265 Å². The van der Waals surface area contributed by atoms with Crippen molar-refractivity contribution in [3.05, 3.63) is 93.1 Å². The summed E-state index contributed by atoms with van der Waals surface area (Å²) in [4.78, 5) is 16.9. The molecule has 0 unspecified atom stereocenters. The molecule has 1 amide bonds. The van der Waals surface area contributed by atoms with Crippen molar-refractivity contribution >= 4 is 84.2 Å². The lowest BCUT2D eigenvalue weighted by Crippen LogP contribution is -2.33. The van der Waals surface area contributed by atoms with E-state index < -0.39 is 21.7 Å². The highest BCUT2D eigenvalue weighted by atomic mass is 35.5. The first-order valence-electron chi connectivity index (χ1n) is 13.4. The molecule has 0 saturated carbocycles. The quantitative estimate of drug-likeness (QED) is 0.182. The highest BCUT2D eigenvalue weighted by molar-refractivity contribution is 7.90. The van der Waals surface area contributed by atoms with E-state index in [-0.39, 0.29) is 17.9 Å². The van der Waals surface area contributed by atoms with Gasteiger partial charge >= 0.3 is 6.09 Å². The van der Waals surface area contributed by atoms with Crippen LogP contribution in [0.3, 0.4) is 0 Å². The summed E-state index contributed by atoms with van der Waals surface area (Å²) in [5.74, 6) is 0.445. The molecule has 0 spiro atoms. The van der Waals surface area contributed by atoms with Crippen molar-refractivity contribution in [3.8, 4) is 0 Å². The van der Waals surface area contributed by atoms with E-state index in [0.717, 1.165) is 5.56 Å². The minimum Gasteiger partial charge on any atom is -0.444 e. The Morgan fingerprint density at radius 3 is 2.35 bits per heavy atom. The van der Waals surface area contributed by atoms with Crippen molar-refractivity contribution in [1.82, 2.24) is 14.3 Å². The zero-order valence-electron chi connectivity index (χ0n) is 23.8. The van der Waals surface area contributed by atoms with Crippen molar-refractivity contribution in [1.29, 1.82) is 0 Å². The van der Waals surface area contributed by atoms with Gasteiger partial charge in [-0.2, -0.15) is 0 Å². The second-order valence-corrected chi connectivity index (χ2v) is 14.1. The summed E-state index contributed by atoms with van der Waals surface area (Å²) < 4.78 is 35.2. The number of pyridine rings is 1. The summed E-state index contributed by atoms with van der Waals surface area (Å²) in [6.45, 7) is 7.42. The normalized spacial score (nSPS) is 12.1. The molecule has 0 bridgehead atoms. The van der Waals surface area contributed by atoms with Gasteiger partial charge in [0.05, 0.1) is 26.0 Å². The number of nitrogens with zero attached hydrogens (tertiary/aromatic N) is 2. The average Bonchev–Trinajstić information content (AvgIpc) is 3.24. The highest BCUT2D eigenvalue weighted by Gasteiger charge is 2.26. The average molecular weight is 660 g/mol. The standard InChI is InChI=1S/C31H29Cl3N4O4S/c1-18-5-8-22(9-6-18)43(40,41)38-27-10-7-20(32)14-23(27)24-15-21(37-28-16-25(33)26(34)17-36-28)13-19(29(24)38)11-12-35-30(39)42-31(2,3)4/h5-10,13-17H,11-12H2,1-4H3,(H,35,39)(H,36,37). The largest absolute Gasteiger partial charge is 0.444 e. The first-order chi connectivity index (χ1) is 20.2. The van der Waals surface area contributed by atoms with Gasteiger partial charge in [-0.15, -0.1) is 0 Å². The molecule has 2 heterocycles. The molecule has 0 radical (unpaired) electrons. The van der Waals surface area contributed by atoms with E-state index in [1.807, 2.05) is 19.1 Å². The molecule has 12 heteroatoms. The Hall–Kier alpha value is -3.50. The van der Waals surface area contributed by atoms with E-state index in [4.69, 9.17) is 39.5 Å². The van der Waals surface area contributed by atoms with E-state index in [0.29, 0.717) is 53.9 Å². The number of aryl methyl sites for hydroxylation is 1. The molecular weight excluding hydrogens is 631 g/mol. The Morgan fingerprint density at radius 1 is 0.953 bits per heavy atom. The molecule has 2 N–H and O–H groups in total. The molecule has 2 aromatic heterocycles. The Kier molecular flexibility index (Phi) is 8.55. The highest BCUT2D eigenvalue weighted by Crippen LogP contribution is 2.38. The second-order valence-electron chi connectivity index (χ2n) is 11.1. The van der Waals surface area contributed by atoms with Gasteiger partial charge in [0.15, 0.2) is 0 Å². The molecule has 0 aliphatic carbocycles. The maximum atomic E-state index is 14.2. The molecule has 3 aromatic carbocycles. The summed E-state index contributed by atoms with van der Waals surface area (Å²) in [5.41, 5.74) is 2.48. The fourth-order valence-electron chi connectivity index (χ4n) is 4.73. The minimum atomic E-state index is -4.05. The molecule has 5 rings (SSSR count). The number of anilines is 2. The fraction of sp³-hybridized carbons (Fsp3) is 0.226. The van der Waals surface area contributed by atoms with Crippen molar-refractivity contribution in [2.45, 2.75) is 44.6 Å². The van der Waals surface area contributed by atoms with Gasteiger partial charge in [-0.3, -0.25) is 0 Å². The number of rotatable bonds is 7. The van der Waals surface area contributed by atoms with Crippen molar-refractivity contribution in [2.75, 3.05) is 11.9 Å². The van der Waals surface area contributed by atoms with Gasteiger partial charge in [-0.25, -0.2) is 22.2 Å². The monoisotopic (exact) mass is 658 g/mol. The molecule has 0 fully saturated rings. The summed E-state index contributed by atoms with van der Waals surface area (Å²) in [6.07, 6.45) is 1.15. The third-order valence-corrected chi connectivity index (χ3v) is 9.24. The molecule has 43 heavy (non-hydrogen) atoms. The van der Waals surface area contributed by atoms with E-state index in [9.17, 15) is 13.2 Å². The number of hydrogen-bond acceptors (Lipinski definition) is 6. The molecule has 0 saturated heterocycles. The number of hydrogen-bond donors (Lipinski definition) is 2. The van der Waals surface area contributed by atoms with Gasteiger partial charge in [-0.05, 0) is 82.1 Å². The van der Waals surface area contributed by atoms with Crippen LogP contribution in [-0.2, 0) is 21.2 Å². The van der Waals surface area contributed by atoms with E-state index in [1.54, 1.807) is 69.3 Å². The second kappa shape index (κ2) is 11.9. The van der Waals surface area contributed by atoms with Crippen LogP contribution in [0.5, 0.6) is 0 Å². The molecule has 5 aromatic rings. The van der Waals surface area contributed by atoms with E-state index in [2.05, 4.69) is 15.6 Å². The van der Waals surface area contributed by atoms with Gasteiger partial charge in [-0.1, -0.05) is 52.5 Å². The number of aromatic nitrogens is 2. The number of alkyl carbamates (subject to hydrolysis) is 1. The number of amides is 1. The minimum absolute atomic E-state index is 0.145. The number of halogens is 3. The van der Waals surface area contributed by atoms with Crippen LogP contribution in [0, 0.1) is 6.92 Å². The van der Waals surface area contributed by atoms with Crippen molar-refractivity contribution in [2.24, 2.45) is 0 Å². The van der Waals surface area contributed by atoms with Crippen LogP contribution in [0.25, 0.3) is 21.8 Å². The summed E-state index contributed by atoms with van der Waals surface area (Å²) in [6, 6.07) is 17.1. The molecule has 0 aliphatic rings. The smallest absolute Gasteiger partial charge is 0.407 e. The summed E-state index contributed by atoms with van der Waals surface area (Å²) in [7, 11) is -4.05. The van der Waals surface area contributed by atoms with E-state index in [1.165, 1.54) is 10.2 Å². The Bertz CT molecular complexity index is 1970. The molecular formula is C31H29Cl3N4O4S. The number of nitrogens with one attached hydrogen (secondary N) is 2. The third kappa shape index (κ3) is 6.70. The van der Waals surface area contributed by atoms with Crippen LogP contribution in [0.2, 0.25) is 15.1 Å². The van der Waals surface area contributed by atoms with E-state index >= 15 is 0 Å². The SMILES string of the molecule is Cc1ccc(S(=O)(=O)n2c3ccc(Cl)cc3c3cc(Nc4cc(Cl)c(Cl)cn4)cc(CCNC(=O)OC(C)(C)C)c32)cc1. The zero-order valence-corrected chi connectivity index (χ0v) is 26.9. The van der Waals surface area contributed by atoms with Crippen LogP contribution in [-0.4, -0.2) is 35.6 Å². The van der Waals surface area contributed by atoms with Crippen molar-refractivity contribution in [3.63, 3.8) is 0 Å².